The van der Waals surface area contributed by atoms with Gasteiger partial charge in [-0.1, -0.05) is 18.2 Å². The number of para-hydroxylation sites is 1. The average molecular weight is 282 g/mol. The fourth-order valence-corrected chi connectivity index (χ4v) is 2.78. The summed E-state index contributed by atoms with van der Waals surface area (Å²) in [5, 5.41) is 18.4. The van der Waals surface area contributed by atoms with Crippen molar-refractivity contribution < 1.29 is 0 Å². The van der Waals surface area contributed by atoms with Crippen LogP contribution in [0.2, 0.25) is 0 Å². The van der Waals surface area contributed by atoms with Crippen molar-refractivity contribution in [1.82, 2.24) is 15.1 Å². The highest BCUT2D eigenvalue weighted by Crippen LogP contribution is 2.25. The molecule has 1 aromatic carbocycles. The first-order chi connectivity index (χ1) is 10.2. The smallest absolute Gasteiger partial charge is 0.104 e. The molecular weight excluding hydrogens is 260 g/mol. The summed E-state index contributed by atoms with van der Waals surface area (Å²) >= 11 is 0. The van der Waals surface area contributed by atoms with Crippen LogP contribution in [0.4, 0.5) is 0 Å². The van der Waals surface area contributed by atoms with Gasteiger partial charge in [0.1, 0.15) is 5.54 Å². The van der Waals surface area contributed by atoms with Crippen LogP contribution in [0, 0.1) is 11.3 Å². The van der Waals surface area contributed by atoms with Crippen LogP contribution in [-0.2, 0) is 6.54 Å². The van der Waals surface area contributed by atoms with E-state index in [0.717, 1.165) is 25.8 Å². The maximum absolute atomic E-state index is 9.36. The normalized spacial score (nSPS) is 17.5. The van der Waals surface area contributed by atoms with Crippen LogP contribution in [0.25, 0.3) is 10.9 Å². The van der Waals surface area contributed by atoms with E-state index >= 15 is 0 Å². The van der Waals surface area contributed by atoms with Gasteiger partial charge in [-0.3, -0.25) is 10.00 Å². The van der Waals surface area contributed by atoms with Crippen LogP contribution in [-0.4, -0.2) is 21.4 Å². The summed E-state index contributed by atoms with van der Waals surface area (Å²) in [5.41, 5.74) is 0.824. The molecule has 21 heavy (non-hydrogen) atoms. The third kappa shape index (κ3) is 3.43. The Hall–Kier alpha value is -1.86. The van der Waals surface area contributed by atoms with Crippen molar-refractivity contribution in [3.05, 3.63) is 30.5 Å². The maximum Gasteiger partial charge on any atom is 0.104 e. The summed E-state index contributed by atoms with van der Waals surface area (Å²) in [5.74, 6) is 0. The minimum absolute atomic E-state index is 0.368. The molecule has 4 heteroatoms. The highest BCUT2D eigenvalue weighted by atomic mass is 15.3. The minimum Gasteiger partial charge on any atom is -0.297 e. The fourth-order valence-electron chi connectivity index (χ4n) is 2.78. The molecule has 1 fully saturated rings. The molecule has 1 atom stereocenters. The number of aryl methyl sites for hydroxylation is 1. The number of nitrogens with one attached hydrogen (secondary N) is 1. The van der Waals surface area contributed by atoms with Crippen molar-refractivity contribution in [3.63, 3.8) is 0 Å². The van der Waals surface area contributed by atoms with E-state index in [-0.39, 0.29) is 5.54 Å². The van der Waals surface area contributed by atoms with Crippen LogP contribution in [0.1, 0.15) is 39.0 Å². The zero-order chi connectivity index (χ0) is 14.7. The van der Waals surface area contributed by atoms with Gasteiger partial charge < -0.3 is 0 Å². The third-order valence-corrected chi connectivity index (χ3v) is 4.19. The molecule has 0 radical (unpaired) electrons. The Kier molecular flexibility index (Phi) is 3.94. The van der Waals surface area contributed by atoms with Gasteiger partial charge in [0, 0.05) is 18.0 Å². The molecule has 2 aromatic rings. The summed E-state index contributed by atoms with van der Waals surface area (Å²) < 4.78 is 2.06. The number of nitrogens with zero attached hydrogens (tertiary/aromatic N) is 3. The Balaban J connectivity index is 1.50. The van der Waals surface area contributed by atoms with Gasteiger partial charge >= 0.3 is 0 Å². The summed E-state index contributed by atoms with van der Waals surface area (Å²) in [6, 6.07) is 11.3. The van der Waals surface area contributed by atoms with Crippen molar-refractivity contribution in [2.75, 3.05) is 0 Å². The summed E-state index contributed by atoms with van der Waals surface area (Å²) in [7, 11) is 0. The molecule has 0 spiro atoms. The van der Waals surface area contributed by atoms with Gasteiger partial charge in [-0.2, -0.15) is 10.4 Å². The first-order valence-electron chi connectivity index (χ1n) is 7.80. The number of nitriles is 1. The summed E-state index contributed by atoms with van der Waals surface area (Å²) in [6.45, 7) is 2.94. The standard InChI is InChI=1S/C17H22N4/c1-17(13-18,20-15-8-9-15)10-4-5-11-21-16-7-3-2-6-14(16)12-19-21/h2-3,6-7,12,15,20H,4-5,8-11H2,1H3. The minimum atomic E-state index is -0.368. The molecule has 1 N–H and O–H groups in total. The van der Waals surface area contributed by atoms with Gasteiger partial charge in [0.15, 0.2) is 0 Å². The van der Waals surface area contributed by atoms with E-state index in [1.165, 1.54) is 23.7 Å². The van der Waals surface area contributed by atoms with Crippen LogP contribution >= 0.6 is 0 Å². The lowest BCUT2D eigenvalue weighted by Crippen LogP contribution is -2.42. The molecule has 3 rings (SSSR count). The van der Waals surface area contributed by atoms with Crippen molar-refractivity contribution in [2.45, 2.75) is 57.2 Å². The first kappa shape index (κ1) is 14.1. The Morgan fingerprint density at radius 2 is 2.19 bits per heavy atom. The highest BCUT2D eigenvalue weighted by Gasteiger charge is 2.31. The third-order valence-electron chi connectivity index (χ3n) is 4.19. The van der Waals surface area contributed by atoms with E-state index in [9.17, 15) is 5.26 Å². The van der Waals surface area contributed by atoms with Crippen LogP contribution in [0.5, 0.6) is 0 Å². The van der Waals surface area contributed by atoms with Crippen LogP contribution in [0.3, 0.4) is 0 Å². The lowest BCUT2D eigenvalue weighted by molar-refractivity contribution is 0.390. The molecule has 4 nitrogen and oxygen atoms in total. The number of benzene rings is 1. The predicted octanol–water partition coefficient (Wildman–Crippen LogP) is 3.24. The molecule has 0 aliphatic heterocycles. The van der Waals surface area contributed by atoms with E-state index in [1.807, 2.05) is 25.3 Å². The zero-order valence-corrected chi connectivity index (χ0v) is 12.5. The number of hydrogen-bond donors (Lipinski definition) is 1. The van der Waals surface area contributed by atoms with E-state index in [4.69, 9.17) is 0 Å². The molecule has 0 amide bonds. The molecule has 110 valence electrons. The molecule has 1 heterocycles. The molecule has 0 saturated heterocycles. The Morgan fingerprint density at radius 3 is 2.95 bits per heavy atom. The second kappa shape index (κ2) is 5.87. The largest absolute Gasteiger partial charge is 0.297 e. The second-order valence-corrected chi connectivity index (χ2v) is 6.25. The summed E-state index contributed by atoms with van der Waals surface area (Å²) in [4.78, 5) is 0. The van der Waals surface area contributed by atoms with Crippen molar-refractivity contribution in [1.29, 1.82) is 5.26 Å². The Labute approximate surface area is 125 Å². The van der Waals surface area contributed by atoms with Crippen molar-refractivity contribution >= 4 is 10.9 Å². The number of hydrogen-bond acceptors (Lipinski definition) is 3. The van der Waals surface area contributed by atoms with Crippen molar-refractivity contribution in [3.8, 4) is 6.07 Å². The van der Waals surface area contributed by atoms with Gasteiger partial charge in [-0.15, -0.1) is 0 Å². The quantitative estimate of drug-likeness (QED) is 0.793. The van der Waals surface area contributed by atoms with E-state index in [0.29, 0.717) is 6.04 Å². The Bertz CT molecular complexity index is 650. The lowest BCUT2D eigenvalue weighted by atomic mass is 9.96. The van der Waals surface area contributed by atoms with Crippen molar-refractivity contribution in [2.24, 2.45) is 0 Å². The SMILES string of the molecule is CC(C#N)(CCCCn1ncc2ccccc21)NC1CC1. The van der Waals surface area contributed by atoms with Gasteiger partial charge in [-0.05, 0) is 45.1 Å². The molecule has 0 bridgehead atoms. The average Bonchev–Trinajstić information content (AvgIpc) is 3.21. The van der Waals surface area contributed by atoms with Crippen LogP contribution in [0.15, 0.2) is 30.5 Å². The predicted molar refractivity (Wildman–Crippen MR) is 83.8 cm³/mol. The van der Waals surface area contributed by atoms with Gasteiger partial charge in [0.05, 0.1) is 17.8 Å². The number of fused-ring (bicyclic) bond motifs is 1. The highest BCUT2D eigenvalue weighted by molar-refractivity contribution is 5.78. The van der Waals surface area contributed by atoms with E-state index in [2.05, 4.69) is 33.3 Å². The topological polar surface area (TPSA) is 53.6 Å². The number of rotatable bonds is 7. The zero-order valence-electron chi connectivity index (χ0n) is 12.5. The lowest BCUT2D eigenvalue weighted by Gasteiger charge is -2.23. The van der Waals surface area contributed by atoms with E-state index in [1.54, 1.807) is 0 Å². The first-order valence-corrected chi connectivity index (χ1v) is 7.80. The Morgan fingerprint density at radius 1 is 1.38 bits per heavy atom. The van der Waals surface area contributed by atoms with E-state index < -0.39 is 0 Å². The number of aromatic nitrogens is 2. The van der Waals surface area contributed by atoms with Gasteiger partial charge in [0.2, 0.25) is 0 Å². The molecule has 1 unspecified atom stereocenters. The molecule has 1 aromatic heterocycles. The summed E-state index contributed by atoms with van der Waals surface area (Å²) in [6.07, 6.45) is 7.35. The molecular formula is C17H22N4. The number of unbranched alkanes of at least 4 members (excludes halogenated alkanes) is 1. The fraction of sp³-hybridized carbons (Fsp3) is 0.529. The van der Waals surface area contributed by atoms with Crippen LogP contribution < -0.4 is 5.32 Å². The second-order valence-electron chi connectivity index (χ2n) is 6.25. The van der Waals surface area contributed by atoms with Gasteiger partial charge in [-0.25, -0.2) is 0 Å². The molecule has 1 saturated carbocycles. The molecule has 1 aliphatic carbocycles. The monoisotopic (exact) mass is 282 g/mol. The molecule has 1 aliphatic rings. The maximum atomic E-state index is 9.36. The van der Waals surface area contributed by atoms with Gasteiger partial charge in [0.25, 0.3) is 0 Å².